The Morgan fingerprint density at radius 1 is 1.36 bits per heavy atom. The van der Waals surface area contributed by atoms with Gasteiger partial charge in [0.15, 0.2) is 17.5 Å². The normalized spacial score (nSPS) is 16.1. The van der Waals surface area contributed by atoms with Crippen LogP contribution < -0.4 is 15.4 Å². The van der Waals surface area contributed by atoms with Crippen LogP contribution in [0.25, 0.3) is 0 Å². The van der Waals surface area contributed by atoms with Crippen LogP contribution in [0.15, 0.2) is 29.3 Å². The molecule has 1 aliphatic rings. The second-order valence-electron chi connectivity index (χ2n) is 6.86. The number of rotatable bonds is 7. The molecule has 1 saturated heterocycles. The number of nitrogens with one attached hydrogen (secondary N) is 2. The number of carbonyl (C=O) groups excluding carboxylic acids is 1. The first kappa shape index (κ1) is 24.5. The number of carbonyl (C=O) groups is 1. The lowest BCUT2D eigenvalue weighted by atomic mass is 9.93. The minimum absolute atomic E-state index is 0. The fraction of sp³-hybridized carbons (Fsp3) is 0.600. The van der Waals surface area contributed by atoms with Crippen molar-refractivity contribution in [2.24, 2.45) is 10.9 Å². The number of aliphatic imine (C=N–C) groups is 1. The monoisotopic (exact) mass is 506 g/mol. The summed E-state index contributed by atoms with van der Waals surface area (Å²) in [4.78, 5) is 18.4. The van der Waals surface area contributed by atoms with E-state index in [-0.39, 0.29) is 47.6 Å². The lowest BCUT2D eigenvalue weighted by Gasteiger charge is -2.34. The first-order valence-electron chi connectivity index (χ1n) is 9.68. The van der Waals surface area contributed by atoms with E-state index in [9.17, 15) is 9.18 Å². The Balaban J connectivity index is 0.00000392. The highest BCUT2D eigenvalue weighted by molar-refractivity contribution is 14.0. The Kier molecular flexibility index (Phi) is 11.2. The average molecular weight is 506 g/mol. The molecule has 0 spiro atoms. The molecule has 0 aromatic heterocycles. The van der Waals surface area contributed by atoms with Crippen molar-refractivity contribution in [2.45, 2.75) is 39.2 Å². The second-order valence-corrected chi connectivity index (χ2v) is 6.86. The molecular weight excluding hydrogens is 474 g/mol. The summed E-state index contributed by atoms with van der Waals surface area (Å²) in [5, 5.41) is 6.01. The lowest BCUT2D eigenvalue weighted by Crippen LogP contribution is -2.46. The van der Waals surface area contributed by atoms with Crippen molar-refractivity contribution in [3.05, 3.63) is 30.1 Å². The van der Waals surface area contributed by atoms with E-state index in [0.717, 1.165) is 38.4 Å². The van der Waals surface area contributed by atoms with Crippen molar-refractivity contribution < 1.29 is 13.9 Å². The molecule has 1 fully saturated rings. The molecule has 1 atom stereocenters. The highest BCUT2D eigenvalue weighted by Gasteiger charge is 2.23. The maximum Gasteiger partial charge on any atom is 0.220 e. The van der Waals surface area contributed by atoms with Gasteiger partial charge in [0.1, 0.15) is 6.10 Å². The zero-order valence-electron chi connectivity index (χ0n) is 16.9. The van der Waals surface area contributed by atoms with Crippen molar-refractivity contribution in [3.63, 3.8) is 0 Å². The molecule has 1 aromatic rings. The largest absolute Gasteiger partial charge is 0.486 e. The summed E-state index contributed by atoms with van der Waals surface area (Å²) in [6.45, 7) is 6.88. The fourth-order valence-electron chi connectivity index (χ4n) is 3.15. The lowest BCUT2D eigenvalue weighted by molar-refractivity contribution is -0.121. The molecule has 1 aromatic carbocycles. The van der Waals surface area contributed by atoms with E-state index >= 15 is 0 Å². The molecule has 0 radical (unpaired) electrons. The highest BCUT2D eigenvalue weighted by atomic mass is 127. The predicted molar refractivity (Wildman–Crippen MR) is 121 cm³/mol. The zero-order valence-corrected chi connectivity index (χ0v) is 19.2. The highest BCUT2D eigenvalue weighted by Crippen LogP contribution is 2.21. The molecule has 0 aliphatic carbocycles. The molecule has 1 amide bonds. The first-order chi connectivity index (χ1) is 13.0. The smallest absolute Gasteiger partial charge is 0.220 e. The van der Waals surface area contributed by atoms with Gasteiger partial charge in [-0.1, -0.05) is 12.1 Å². The Bertz CT molecular complexity index is 636. The second kappa shape index (κ2) is 12.8. The summed E-state index contributed by atoms with van der Waals surface area (Å²) in [6.07, 6.45) is 2.30. The molecule has 1 heterocycles. The molecule has 2 N–H and O–H groups in total. The molecule has 158 valence electrons. The number of piperidine rings is 1. The van der Waals surface area contributed by atoms with E-state index in [2.05, 4.69) is 20.5 Å². The third-order valence-corrected chi connectivity index (χ3v) is 4.66. The van der Waals surface area contributed by atoms with Gasteiger partial charge in [0.05, 0.1) is 6.54 Å². The SMILES string of the molecule is CCNC(=NCC(C)Oc1ccccc1F)N1CCC(CC(=O)NC)CC1.I. The van der Waals surface area contributed by atoms with Gasteiger partial charge in [-0.05, 0) is 44.7 Å². The third-order valence-electron chi connectivity index (χ3n) is 4.66. The van der Waals surface area contributed by atoms with E-state index < -0.39 is 0 Å². The van der Waals surface area contributed by atoms with Crippen LogP contribution in [-0.4, -0.2) is 56.1 Å². The number of amides is 1. The standard InChI is InChI=1S/C20H31FN4O2.HI/c1-4-23-20(25-11-9-16(10-12-25)13-19(26)22-3)24-14-15(2)27-18-8-6-5-7-17(18)21;/h5-8,15-16H,4,9-14H2,1-3H3,(H,22,26)(H,23,24);1H. The maximum atomic E-state index is 13.7. The van der Waals surface area contributed by atoms with Gasteiger partial charge in [0.25, 0.3) is 0 Å². The van der Waals surface area contributed by atoms with Crippen LogP contribution in [0.5, 0.6) is 5.75 Å². The molecule has 2 rings (SSSR count). The summed E-state index contributed by atoms with van der Waals surface area (Å²) in [7, 11) is 1.68. The fourth-order valence-corrected chi connectivity index (χ4v) is 3.15. The van der Waals surface area contributed by atoms with E-state index in [1.165, 1.54) is 6.07 Å². The maximum absolute atomic E-state index is 13.7. The van der Waals surface area contributed by atoms with E-state index in [4.69, 9.17) is 4.74 Å². The Morgan fingerprint density at radius 2 is 2.04 bits per heavy atom. The van der Waals surface area contributed by atoms with Crippen LogP contribution in [0, 0.1) is 11.7 Å². The van der Waals surface area contributed by atoms with Crippen LogP contribution in [0.2, 0.25) is 0 Å². The number of hydrogen-bond donors (Lipinski definition) is 2. The molecule has 8 heteroatoms. The van der Waals surface area contributed by atoms with Gasteiger partial charge in [-0.2, -0.15) is 0 Å². The number of halogens is 2. The van der Waals surface area contributed by atoms with Crippen molar-refractivity contribution in [2.75, 3.05) is 33.2 Å². The number of guanidine groups is 1. The minimum Gasteiger partial charge on any atom is -0.486 e. The van der Waals surface area contributed by atoms with Gasteiger partial charge in [0.2, 0.25) is 5.91 Å². The molecule has 6 nitrogen and oxygen atoms in total. The molecule has 0 bridgehead atoms. The van der Waals surface area contributed by atoms with Crippen molar-refractivity contribution in [1.29, 1.82) is 0 Å². The van der Waals surface area contributed by atoms with Gasteiger partial charge >= 0.3 is 0 Å². The van der Waals surface area contributed by atoms with Crippen molar-refractivity contribution in [1.82, 2.24) is 15.5 Å². The quantitative estimate of drug-likeness (QED) is 0.339. The summed E-state index contributed by atoms with van der Waals surface area (Å²) >= 11 is 0. The van der Waals surface area contributed by atoms with Crippen LogP contribution in [-0.2, 0) is 4.79 Å². The molecule has 0 saturated carbocycles. The number of nitrogens with zero attached hydrogens (tertiary/aromatic N) is 2. The van der Waals surface area contributed by atoms with Crippen molar-refractivity contribution >= 4 is 35.8 Å². The third kappa shape index (κ3) is 7.81. The summed E-state index contributed by atoms with van der Waals surface area (Å²) in [6, 6.07) is 6.40. The van der Waals surface area contributed by atoms with Crippen LogP contribution in [0.4, 0.5) is 4.39 Å². The summed E-state index contributed by atoms with van der Waals surface area (Å²) in [5.74, 6) is 1.26. The van der Waals surface area contributed by atoms with E-state index in [1.54, 1.807) is 25.2 Å². The van der Waals surface area contributed by atoms with E-state index in [1.807, 2.05) is 13.8 Å². The predicted octanol–water partition coefficient (Wildman–Crippen LogP) is 3.02. The molecular formula is C20H32FIN4O2. The summed E-state index contributed by atoms with van der Waals surface area (Å²) in [5.41, 5.74) is 0. The minimum atomic E-state index is -0.363. The number of hydrogen-bond acceptors (Lipinski definition) is 3. The first-order valence-corrected chi connectivity index (χ1v) is 9.68. The zero-order chi connectivity index (χ0) is 19.6. The topological polar surface area (TPSA) is 66.0 Å². The van der Waals surface area contributed by atoms with Crippen LogP contribution >= 0.6 is 24.0 Å². The van der Waals surface area contributed by atoms with Gasteiger partial charge in [-0.15, -0.1) is 24.0 Å². The van der Waals surface area contributed by atoms with Gasteiger partial charge in [0, 0.05) is 33.1 Å². The molecule has 1 unspecified atom stereocenters. The molecule has 1 aliphatic heterocycles. The Morgan fingerprint density at radius 3 is 2.64 bits per heavy atom. The molecule has 28 heavy (non-hydrogen) atoms. The Labute approximate surface area is 184 Å². The van der Waals surface area contributed by atoms with Gasteiger partial charge < -0.3 is 20.3 Å². The number of para-hydroxylation sites is 1. The Hall–Kier alpha value is -1.58. The van der Waals surface area contributed by atoms with Gasteiger partial charge in [-0.3, -0.25) is 4.79 Å². The van der Waals surface area contributed by atoms with E-state index in [0.29, 0.717) is 18.9 Å². The van der Waals surface area contributed by atoms with Crippen LogP contribution in [0.3, 0.4) is 0 Å². The number of benzene rings is 1. The van der Waals surface area contributed by atoms with Crippen molar-refractivity contribution in [3.8, 4) is 5.75 Å². The average Bonchev–Trinajstić information content (AvgIpc) is 2.67. The number of ether oxygens (including phenoxy) is 1. The van der Waals surface area contributed by atoms with Crippen LogP contribution in [0.1, 0.15) is 33.1 Å². The number of likely N-dealkylation sites (tertiary alicyclic amines) is 1. The van der Waals surface area contributed by atoms with Gasteiger partial charge in [-0.25, -0.2) is 9.38 Å². The summed E-state index contributed by atoms with van der Waals surface area (Å²) < 4.78 is 19.4.